The molecule has 0 saturated heterocycles. The molecule has 0 aliphatic carbocycles. The van der Waals surface area contributed by atoms with Crippen LogP contribution in [0, 0.1) is 0 Å². The zero-order valence-electron chi connectivity index (χ0n) is 6.86. The van der Waals surface area contributed by atoms with Gasteiger partial charge in [-0.2, -0.15) is 4.98 Å². The molecular formula is C8H7ClN2O2. The highest BCUT2D eigenvalue weighted by atomic mass is 35.5. The van der Waals surface area contributed by atoms with Crippen molar-refractivity contribution in [3.05, 3.63) is 23.2 Å². The van der Waals surface area contributed by atoms with Gasteiger partial charge in [-0.15, -0.1) is 4.73 Å². The summed E-state index contributed by atoms with van der Waals surface area (Å²) in [6.07, 6.45) is 0. The summed E-state index contributed by atoms with van der Waals surface area (Å²) in [5.74, 6) is 0. The van der Waals surface area contributed by atoms with Crippen molar-refractivity contribution < 1.29 is 9.94 Å². The number of benzene rings is 1. The summed E-state index contributed by atoms with van der Waals surface area (Å²) in [6.45, 7) is 0. The van der Waals surface area contributed by atoms with Crippen molar-refractivity contribution >= 4 is 22.6 Å². The maximum Gasteiger partial charge on any atom is 0.331 e. The second-order valence-corrected chi connectivity index (χ2v) is 2.98. The van der Waals surface area contributed by atoms with Crippen molar-refractivity contribution in [3.8, 4) is 6.01 Å². The van der Waals surface area contributed by atoms with Gasteiger partial charge in [0.25, 0.3) is 0 Å². The van der Waals surface area contributed by atoms with Gasteiger partial charge in [-0.3, -0.25) is 0 Å². The van der Waals surface area contributed by atoms with Gasteiger partial charge in [0.15, 0.2) is 0 Å². The molecule has 1 heterocycles. The summed E-state index contributed by atoms with van der Waals surface area (Å²) in [7, 11) is 1.44. The molecule has 0 saturated carbocycles. The van der Waals surface area contributed by atoms with E-state index in [0.717, 1.165) is 4.73 Å². The van der Waals surface area contributed by atoms with Crippen LogP contribution in [0.4, 0.5) is 0 Å². The van der Waals surface area contributed by atoms with E-state index >= 15 is 0 Å². The zero-order valence-corrected chi connectivity index (χ0v) is 7.62. The van der Waals surface area contributed by atoms with E-state index < -0.39 is 0 Å². The predicted octanol–water partition coefficient (Wildman–Crippen LogP) is 1.94. The van der Waals surface area contributed by atoms with E-state index in [1.165, 1.54) is 7.11 Å². The molecular weight excluding hydrogens is 192 g/mol. The Hall–Kier alpha value is -1.42. The van der Waals surface area contributed by atoms with Gasteiger partial charge in [0.2, 0.25) is 0 Å². The van der Waals surface area contributed by atoms with Crippen molar-refractivity contribution in [1.29, 1.82) is 0 Å². The molecule has 2 aromatic rings. The van der Waals surface area contributed by atoms with Crippen LogP contribution in [0.1, 0.15) is 0 Å². The topological polar surface area (TPSA) is 47.3 Å². The summed E-state index contributed by atoms with van der Waals surface area (Å²) >= 11 is 5.75. The van der Waals surface area contributed by atoms with Gasteiger partial charge >= 0.3 is 6.01 Å². The molecule has 13 heavy (non-hydrogen) atoms. The van der Waals surface area contributed by atoms with Crippen molar-refractivity contribution in [2.75, 3.05) is 7.11 Å². The molecule has 5 heteroatoms. The van der Waals surface area contributed by atoms with E-state index in [0.29, 0.717) is 16.1 Å². The Kier molecular flexibility index (Phi) is 1.77. The SMILES string of the molecule is COc1nc2ccc(Cl)cc2n1O. The van der Waals surface area contributed by atoms with Gasteiger partial charge in [-0.1, -0.05) is 11.6 Å². The number of ether oxygens (including phenoxy) is 1. The van der Waals surface area contributed by atoms with Crippen LogP contribution in [0.2, 0.25) is 5.02 Å². The highest BCUT2D eigenvalue weighted by molar-refractivity contribution is 6.31. The molecule has 68 valence electrons. The summed E-state index contributed by atoms with van der Waals surface area (Å²) in [6, 6.07) is 5.19. The molecule has 1 aromatic heterocycles. The Balaban J connectivity index is 2.77. The number of hydrogen-bond acceptors (Lipinski definition) is 3. The minimum atomic E-state index is 0.150. The van der Waals surface area contributed by atoms with E-state index in [9.17, 15) is 5.21 Å². The summed E-state index contributed by atoms with van der Waals surface area (Å²) in [5.41, 5.74) is 1.17. The van der Waals surface area contributed by atoms with E-state index in [2.05, 4.69) is 4.98 Å². The fourth-order valence-corrected chi connectivity index (χ4v) is 1.31. The first-order chi connectivity index (χ1) is 6.22. The van der Waals surface area contributed by atoms with Crippen LogP contribution in [0.3, 0.4) is 0 Å². The van der Waals surface area contributed by atoms with Crippen LogP contribution < -0.4 is 4.74 Å². The van der Waals surface area contributed by atoms with Crippen LogP contribution in [0.15, 0.2) is 18.2 Å². The average molecular weight is 199 g/mol. The molecule has 1 N–H and O–H groups in total. The molecule has 4 nitrogen and oxygen atoms in total. The lowest BCUT2D eigenvalue weighted by Gasteiger charge is -1.96. The Labute approximate surface area is 79.3 Å². The lowest BCUT2D eigenvalue weighted by atomic mass is 10.3. The lowest BCUT2D eigenvalue weighted by molar-refractivity contribution is 0.159. The standard InChI is InChI=1S/C8H7ClN2O2/c1-13-8-10-6-3-2-5(9)4-7(6)11(8)12/h2-4,12H,1H3. The normalized spacial score (nSPS) is 10.6. The van der Waals surface area contributed by atoms with Crippen molar-refractivity contribution in [2.45, 2.75) is 0 Å². The first-order valence-corrected chi connectivity index (χ1v) is 4.01. The molecule has 1 aromatic carbocycles. The third kappa shape index (κ3) is 1.19. The van der Waals surface area contributed by atoms with Crippen molar-refractivity contribution in [2.24, 2.45) is 0 Å². The molecule has 0 aliphatic heterocycles. The van der Waals surface area contributed by atoms with Gasteiger partial charge in [0, 0.05) is 5.02 Å². The van der Waals surface area contributed by atoms with Crippen LogP contribution in [-0.2, 0) is 0 Å². The van der Waals surface area contributed by atoms with E-state index in [1.54, 1.807) is 18.2 Å². The van der Waals surface area contributed by atoms with E-state index in [-0.39, 0.29) is 6.01 Å². The maximum atomic E-state index is 9.48. The lowest BCUT2D eigenvalue weighted by Crippen LogP contribution is -1.94. The third-order valence-corrected chi connectivity index (χ3v) is 1.98. The molecule has 0 amide bonds. The molecule has 0 bridgehead atoms. The minimum Gasteiger partial charge on any atom is -0.466 e. The smallest absolute Gasteiger partial charge is 0.331 e. The third-order valence-electron chi connectivity index (χ3n) is 1.75. The van der Waals surface area contributed by atoms with Gasteiger partial charge < -0.3 is 9.94 Å². The van der Waals surface area contributed by atoms with E-state index in [1.807, 2.05) is 0 Å². The molecule has 0 unspecified atom stereocenters. The second kappa shape index (κ2) is 2.81. The summed E-state index contributed by atoms with van der Waals surface area (Å²) < 4.78 is 5.69. The first kappa shape index (κ1) is 8.19. The Bertz CT molecular complexity index is 453. The van der Waals surface area contributed by atoms with Gasteiger partial charge in [-0.05, 0) is 18.2 Å². The average Bonchev–Trinajstić information content (AvgIpc) is 2.44. The van der Waals surface area contributed by atoms with E-state index in [4.69, 9.17) is 16.3 Å². The van der Waals surface area contributed by atoms with Crippen LogP contribution in [0.5, 0.6) is 6.01 Å². The largest absolute Gasteiger partial charge is 0.466 e. The fraction of sp³-hybridized carbons (Fsp3) is 0.125. The highest BCUT2D eigenvalue weighted by Gasteiger charge is 2.09. The van der Waals surface area contributed by atoms with Crippen LogP contribution in [-0.4, -0.2) is 22.0 Å². The molecule has 0 aliphatic rings. The van der Waals surface area contributed by atoms with Crippen molar-refractivity contribution in [3.63, 3.8) is 0 Å². The predicted molar refractivity (Wildman–Crippen MR) is 48.5 cm³/mol. The Morgan fingerprint density at radius 3 is 3.00 bits per heavy atom. The molecule has 0 radical (unpaired) electrons. The number of hydrogen-bond donors (Lipinski definition) is 1. The maximum absolute atomic E-state index is 9.48. The molecule has 0 fully saturated rings. The fourth-order valence-electron chi connectivity index (χ4n) is 1.15. The summed E-state index contributed by atoms with van der Waals surface area (Å²) in [5, 5.41) is 10.0. The molecule has 2 rings (SSSR count). The Morgan fingerprint density at radius 2 is 2.31 bits per heavy atom. The van der Waals surface area contributed by atoms with Crippen molar-refractivity contribution in [1.82, 2.24) is 9.71 Å². The first-order valence-electron chi connectivity index (χ1n) is 3.63. The number of fused-ring (bicyclic) bond motifs is 1. The van der Waals surface area contributed by atoms with Gasteiger partial charge in [0.1, 0.15) is 5.52 Å². The second-order valence-electron chi connectivity index (χ2n) is 2.54. The monoisotopic (exact) mass is 198 g/mol. The quantitative estimate of drug-likeness (QED) is 0.713. The highest BCUT2D eigenvalue weighted by Crippen LogP contribution is 2.22. The van der Waals surface area contributed by atoms with Gasteiger partial charge in [-0.25, -0.2) is 0 Å². The number of nitrogens with zero attached hydrogens (tertiary/aromatic N) is 2. The molecule has 0 atom stereocenters. The number of aromatic nitrogens is 2. The minimum absolute atomic E-state index is 0.150. The Morgan fingerprint density at radius 1 is 1.54 bits per heavy atom. The number of halogens is 1. The number of rotatable bonds is 1. The molecule has 0 spiro atoms. The van der Waals surface area contributed by atoms with Crippen LogP contribution in [0.25, 0.3) is 11.0 Å². The van der Waals surface area contributed by atoms with Gasteiger partial charge in [0.05, 0.1) is 12.6 Å². The van der Waals surface area contributed by atoms with Crippen LogP contribution >= 0.6 is 11.6 Å². The zero-order chi connectivity index (χ0) is 9.42. The number of imidazole rings is 1. The summed E-state index contributed by atoms with van der Waals surface area (Å²) in [4.78, 5) is 4.00. The number of methoxy groups -OCH3 is 1.